The lowest BCUT2D eigenvalue weighted by Crippen LogP contribution is -2.48. The number of Topliss-reactive ketones (excluding diaryl/α,β-unsaturated/α-hetero) is 1. The highest BCUT2D eigenvalue weighted by Crippen LogP contribution is 2.61. The van der Waals surface area contributed by atoms with Crippen molar-refractivity contribution in [3.05, 3.63) is 26.4 Å². The molecule has 4 aliphatic carbocycles. The Morgan fingerprint density at radius 1 is 1.09 bits per heavy atom. The van der Waals surface area contributed by atoms with Crippen molar-refractivity contribution in [1.82, 2.24) is 14.5 Å². The van der Waals surface area contributed by atoms with Gasteiger partial charge >= 0.3 is 11.7 Å². The molecule has 0 radical (unpaired) electrons. The molecule has 4 aliphatic rings. The molecule has 5 rings (SSSR count). The van der Waals surface area contributed by atoms with Crippen molar-refractivity contribution in [2.75, 3.05) is 18.9 Å². The summed E-state index contributed by atoms with van der Waals surface area (Å²) in [5.74, 6) is 0.276. The summed E-state index contributed by atoms with van der Waals surface area (Å²) < 4.78 is 7.00. The molecule has 0 aromatic carbocycles. The Hall–Kier alpha value is -2.91. The quantitative estimate of drug-likeness (QED) is 0.393. The van der Waals surface area contributed by atoms with Crippen LogP contribution < -0.4 is 22.3 Å². The average molecular weight is 489 g/mol. The smallest absolute Gasteiger partial charge is 0.332 e. The number of nitrogens with one attached hydrogen (secondary N) is 1. The Bertz CT molecular complexity index is 1110. The molecule has 35 heavy (non-hydrogen) atoms. The Kier molecular flexibility index (Phi) is 6.92. The van der Waals surface area contributed by atoms with E-state index in [-0.39, 0.29) is 41.7 Å². The number of amides is 1. The summed E-state index contributed by atoms with van der Waals surface area (Å²) >= 11 is 0. The molecule has 0 spiro atoms. The standard InChI is InChI=1S/C25H36N4O6/c1-14(2)12-29-22(26)21(23(33)28(3)24(29)34)18(30)13-35-20(32)11-27-19(31)10-25-7-15-4-16(8-25)6-17(5-15)9-25/h14-17H,4-13,26H2,1-3H3,(H,27,31). The van der Waals surface area contributed by atoms with Crippen LogP contribution in [0.5, 0.6) is 0 Å². The van der Waals surface area contributed by atoms with Crippen LogP contribution in [-0.4, -0.2) is 39.9 Å². The number of ketones is 1. The third-order valence-corrected chi connectivity index (χ3v) is 7.90. The lowest BCUT2D eigenvalue weighted by atomic mass is 9.49. The summed E-state index contributed by atoms with van der Waals surface area (Å²) in [6.45, 7) is 2.92. The van der Waals surface area contributed by atoms with Crippen LogP contribution in [0.4, 0.5) is 5.82 Å². The Morgan fingerprint density at radius 3 is 2.20 bits per heavy atom. The summed E-state index contributed by atoms with van der Waals surface area (Å²) in [4.78, 5) is 62.3. The molecular weight excluding hydrogens is 452 g/mol. The molecular formula is C25H36N4O6. The van der Waals surface area contributed by atoms with Crippen LogP contribution in [0, 0.1) is 29.1 Å². The molecule has 192 valence electrons. The van der Waals surface area contributed by atoms with Gasteiger partial charge in [-0.3, -0.25) is 28.3 Å². The van der Waals surface area contributed by atoms with Gasteiger partial charge in [0.25, 0.3) is 5.56 Å². The van der Waals surface area contributed by atoms with Gasteiger partial charge in [-0.15, -0.1) is 0 Å². The summed E-state index contributed by atoms with van der Waals surface area (Å²) in [5.41, 5.74) is 4.21. The monoisotopic (exact) mass is 488 g/mol. The van der Waals surface area contributed by atoms with Crippen molar-refractivity contribution in [2.24, 2.45) is 36.1 Å². The topological polar surface area (TPSA) is 142 Å². The second-order valence-corrected chi connectivity index (χ2v) is 11.4. The highest BCUT2D eigenvalue weighted by molar-refractivity contribution is 6.01. The highest BCUT2D eigenvalue weighted by atomic mass is 16.5. The van der Waals surface area contributed by atoms with E-state index in [2.05, 4.69) is 5.32 Å². The number of rotatable bonds is 9. The third kappa shape index (κ3) is 5.21. The van der Waals surface area contributed by atoms with Crippen molar-refractivity contribution in [3.63, 3.8) is 0 Å². The first-order chi connectivity index (χ1) is 16.5. The second kappa shape index (κ2) is 9.62. The molecule has 1 aromatic rings. The first kappa shape index (κ1) is 25.2. The minimum Gasteiger partial charge on any atom is -0.456 e. The van der Waals surface area contributed by atoms with Crippen molar-refractivity contribution in [2.45, 2.75) is 65.3 Å². The fourth-order valence-electron chi connectivity index (χ4n) is 6.94. The fourth-order valence-corrected chi connectivity index (χ4v) is 6.94. The summed E-state index contributed by atoms with van der Waals surface area (Å²) in [6.07, 6.45) is 7.60. The normalized spacial score (nSPS) is 26.7. The lowest BCUT2D eigenvalue weighted by Gasteiger charge is -2.56. The number of nitrogen functional groups attached to an aromatic ring is 1. The number of anilines is 1. The van der Waals surface area contributed by atoms with E-state index in [0.29, 0.717) is 6.42 Å². The molecule has 1 aromatic heterocycles. The Labute approximate surface area is 204 Å². The van der Waals surface area contributed by atoms with Gasteiger partial charge in [0.2, 0.25) is 11.7 Å². The number of carbonyl (C=O) groups is 3. The fraction of sp³-hybridized carbons (Fsp3) is 0.720. The zero-order valence-corrected chi connectivity index (χ0v) is 20.8. The Morgan fingerprint density at radius 2 is 1.66 bits per heavy atom. The van der Waals surface area contributed by atoms with E-state index in [1.54, 1.807) is 0 Å². The summed E-state index contributed by atoms with van der Waals surface area (Å²) in [5, 5.41) is 2.63. The molecule has 10 heteroatoms. The predicted octanol–water partition coefficient (Wildman–Crippen LogP) is 1.23. The maximum Gasteiger partial charge on any atom is 0.332 e. The van der Waals surface area contributed by atoms with Crippen LogP contribution in [0.15, 0.2) is 9.59 Å². The molecule has 0 saturated heterocycles. The lowest BCUT2D eigenvalue weighted by molar-refractivity contribution is -0.143. The van der Waals surface area contributed by atoms with Gasteiger partial charge in [0, 0.05) is 20.0 Å². The SMILES string of the molecule is CC(C)Cn1c(N)c(C(=O)COC(=O)CNC(=O)CC23CC4CC(CC(C4)C2)C3)c(=O)n(C)c1=O. The number of nitrogens with two attached hydrogens (primary N) is 1. The average Bonchev–Trinajstić information content (AvgIpc) is 2.76. The zero-order valence-electron chi connectivity index (χ0n) is 20.8. The van der Waals surface area contributed by atoms with E-state index < -0.39 is 29.6 Å². The summed E-state index contributed by atoms with van der Waals surface area (Å²) in [7, 11) is 1.27. The number of nitrogens with zero attached hydrogens (tertiary/aromatic N) is 2. The maximum absolute atomic E-state index is 12.7. The van der Waals surface area contributed by atoms with Gasteiger partial charge in [-0.25, -0.2) is 4.79 Å². The number of hydrogen-bond donors (Lipinski definition) is 2. The van der Waals surface area contributed by atoms with Gasteiger partial charge in [0.1, 0.15) is 17.9 Å². The van der Waals surface area contributed by atoms with Crippen LogP contribution in [0.1, 0.15) is 69.2 Å². The van der Waals surface area contributed by atoms with E-state index in [4.69, 9.17) is 10.5 Å². The molecule has 1 amide bonds. The first-order valence-corrected chi connectivity index (χ1v) is 12.5. The predicted molar refractivity (Wildman–Crippen MR) is 129 cm³/mol. The van der Waals surface area contributed by atoms with E-state index in [9.17, 15) is 24.0 Å². The Balaban J connectivity index is 1.31. The van der Waals surface area contributed by atoms with Crippen molar-refractivity contribution < 1.29 is 19.1 Å². The molecule has 4 bridgehead atoms. The van der Waals surface area contributed by atoms with E-state index in [1.807, 2.05) is 13.8 Å². The van der Waals surface area contributed by atoms with Gasteiger partial charge < -0.3 is 15.8 Å². The highest BCUT2D eigenvalue weighted by Gasteiger charge is 2.51. The van der Waals surface area contributed by atoms with Crippen LogP contribution in [0.2, 0.25) is 0 Å². The number of esters is 1. The molecule has 3 N–H and O–H groups in total. The van der Waals surface area contributed by atoms with E-state index >= 15 is 0 Å². The van der Waals surface area contributed by atoms with Crippen LogP contribution in [0.25, 0.3) is 0 Å². The molecule has 0 aliphatic heterocycles. The van der Waals surface area contributed by atoms with Crippen molar-refractivity contribution in [3.8, 4) is 0 Å². The van der Waals surface area contributed by atoms with E-state index in [0.717, 1.165) is 41.6 Å². The zero-order chi connectivity index (χ0) is 25.5. The van der Waals surface area contributed by atoms with E-state index in [1.165, 1.54) is 30.9 Å². The van der Waals surface area contributed by atoms with Gasteiger partial charge in [-0.2, -0.15) is 0 Å². The number of hydrogen-bond acceptors (Lipinski definition) is 7. The number of aromatic nitrogens is 2. The third-order valence-electron chi connectivity index (χ3n) is 7.90. The van der Waals surface area contributed by atoms with Gasteiger partial charge in [-0.1, -0.05) is 13.8 Å². The van der Waals surface area contributed by atoms with Crippen molar-refractivity contribution >= 4 is 23.5 Å². The minimum atomic E-state index is -0.836. The van der Waals surface area contributed by atoms with Crippen LogP contribution >= 0.6 is 0 Å². The largest absolute Gasteiger partial charge is 0.456 e. The first-order valence-electron chi connectivity index (χ1n) is 12.5. The van der Waals surface area contributed by atoms with Crippen LogP contribution in [-0.2, 0) is 27.9 Å². The molecule has 0 unspecified atom stereocenters. The van der Waals surface area contributed by atoms with Gasteiger partial charge in [0.05, 0.1) is 0 Å². The minimum absolute atomic E-state index is 0.0512. The number of carbonyl (C=O) groups excluding carboxylic acids is 3. The number of ether oxygens (including phenoxy) is 1. The van der Waals surface area contributed by atoms with Gasteiger partial charge in [0.15, 0.2) is 6.61 Å². The molecule has 10 nitrogen and oxygen atoms in total. The van der Waals surface area contributed by atoms with Crippen LogP contribution in [0.3, 0.4) is 0 Å². The molecule has 0 atom stereocenters. The second-order valence-electron chi connectivity index (χ2n) is 11.4. The molecule has 4 saturated carbocycles. The molecule has 4 fully saturated rings. The van der Waals surface area contributed by atoms with Crippen molar-refractivity contribution in [1.29, 1.82) is 0 Å². The summed E-state index contributed by atoms with van der Waals surface area (Å²) in [6, 6.07) is 0. The van der Waals surface area contributed by atoms with Gasteiger partial charge in [-0.05, 0) is 67.6 Å². The maximum atomic E-state index is 12.7. The molecule has 1 heterocycles.